The number of hydrogen-bond acceptors (Lipinski definition) is 2. The predicted molar refractivity (Wildman–Crippen MR) is 192 cm³/mol. The summed E-state index contributed by atoms with van der Waals surface area (Å²) >= 11 is 1.86. The summed E-state index contributed by atoms with van der Waals surface area (Å²) in [5, 5.41) is 10.1. The quantitative estimate of drug-likeness (QED) is 0.188. The molecule has 0 aliphatic carbocycles. The summed E-state index contributed by atoms with van der Waals surface area (Å²) in [6.07, 6.45) is 0. The van der Waals surface area contributed by atoms with Gasteiger partial charge >= 0.3 is 0 Å². The van der Waals surface area contributed by atoms with Gasteiger partial charge in [-0.3, -0.25) is 0 Å². The first-order chi connectivity index (χ1) is 21.8. The highest BCUT2D eigenvalue weighted by Gasteiger charge is 2.18. The average molecular weight is 578 g/mol. The van der Waals surface area contributed by atoms with E-state index in [0.717, 1.165) is 11.4 Å². The molecule has 0 N–H and O–H groups in total. The average Bonchev–Trinajstić information content (AvgIpc) is 3.47. The van der Waals surface area contributed by atoms with Crippen LogP contribution in [0, 0.1) is 0 Å². The molecule has 44 heavy (non-hydrogen) atoms. The molecule has 206 valence electrons. The number of thiophene rings is 1. The van der Waals surface area contributed by atoms with E-state index in [4.69, 9.17) is 0 Å². The van der Waals surface area contributed by atoms with Crippen molar-refractivity contribution in [3.8, 4) is 11.1 Å². The van der Waals surface area contributed by atoms with Crippen molar-refractivity contribution in [2.24, 2.45) is 0 Å². The van der Waals surface area contributed by atoms with Crippen LogP contribution >= 0.6 is 11.3 Å². The van der Waals surface area contributed by atoms with E-state index in [1.807, 2.05) is 11.3 Å². The second kappa shape index (κ2) is 10.1. The van der Waals surface area contributed by atoms with E-state index in [2.05, 4.69) is 169 Å². The van der Waals surface area contributed by atoms with Gasteiger partial charge in [0.15, 0.2) is 0 Å². The first kappa shape index (κ1) is 25.1. The van der Waals surface area contributed by atoms with Crippen LogP contribution in [-0.4, -0.2) is 0 Å². The molecule has 0 spiro atoms. The van der Waals surface area contributed by atoms with Gasteiger partial charge in [0.1, 0.15) is 0 Å². The molecule has 0 fully saturated rings. The molecule has 9 aromatic rings. The van der Waals surface area contributed by atoms with Crippen LogP contribution in [-0.2, 0) is 0 Å². The standard InChI is InChI=1S/C42H27NS/c1-2-10-32-26-35(24-20-28(32)8-1)43(39-14-7-11-31-17-16-30-9-3-4-12-36(30)42(31)39)34-22-18-29(19-23-34)33-21-25-41-38(27-33)37-13-5-6-15-40(37)44-41/h1-27H. The van der Waals surface area contributed by atoms with Gasteiger partial charge < -0.3 is 4.90 Å². The van der Waals surface area contributed by atoms with Crippen molar-refractivity contribution in [3.63, 3.8) is 0 Å². The van der Waals surface area contributed by atoms with E-state index in [9.17, 15) is 0 Å². The van der Waals surface area contributed by atoms with Crippen molar-refractivity contribution < 1.29 is 0 Å². The Kier molecular flexibility index (Phi) is 5.75. The molecule has 2 heteroatoms. The van der Waals surface area contributed by atoms with E-state index in [0.29, 0.717) is 0 Å². The minimum atomic E-state index is 1.13. The fourth-order valence-corrected chi connectivity index (χ4v) is 7.76. The highest BCUT2D eigenvalue weighted by Crippen LogP contribution is 2.43. The third-order valence-electron chi connectivity index (χ3n) is 8.81. The second-order valence-electron chi connectivity index (χ2n) is 11.4. The van der Waals surface area contributed by atoms with Crippen LogP contribution in [0.15, 0.2) is 164 Å². The highest BCUT2D eigenvalue weighted by atomic mass is 32.1. The third-order valence-corrected chi connectivity index (χ3v) is 9.97. The Morgan fingerprint density at radius 1 is 0.364 bits per heavy atom. The molecule has 0 saturated carbocycles. The molecule has 8 aromatic carbocycles. The normalized spacial score (nSPS) is 11.6. The topological polar surface area (TPSA) is 3.24 Å². The van der Waals surface area contributed by atoms with E-state index >= 15 is 0 Å². The summed E-state index contributed by atoms with van der Waals surface area (Å²) in [4.78, 5) is 2.42. The van der Waals surface area contributed by atoms with E-state index in [-0.39, 0.29) is 0 Å². The molecule has 0 atom stereocenters. The Morgan fingerprint density at radius 2 is 1.00 bits per heavy atom. The number of benzene rings is 8. The van der Waals surface area contributed by atoms with Crippen LogP contribution in [0.5, 0.6) is 0 Å². The van der Waals surface area contributed by atoms with Crippen LogP contribution in [0.25, 0.3) is 63.6 Å². The molecular formula is C42H27NS. The SMILES string of the molecule is c1ccc2cc(N(c3ccc(-c4ccc5sc6ccccc6c5c4)cc3)c3cccc4ccc5ccccc5c34)ccc2c1. The lowest BCUT2D eigenvalue weighted by Gasteiger charge is -2.28. The Labute approximate surface area is 259 Å². The van der Waals surface area contributed by atoms with Gasteiger partial charge in [0.2, 0.25) is 0 Å². The van der Waals surface area contributed by atoms with Gasteiger partial charge in [-0.25, -0.2) is 0 Å². The summed E-state index contributed by atoms with van der Waals surface area (Å²) < 4.78 is 2.67. The summed E-state index contributed by atoms with van der Waals surface area (Å²) in [6.45, 7) is 0. The molecule has 0 radical (unpaired) electrons. The molecule has 0 saturated heterocycles. The zero-order chi connectivity index (χ0) is 29.0. The molecule has 0 amide bonds. The number of nitrogens with zero attached hydrogens (tertiary/aromatic N) is 1. The molecule has 0 aliphatic rings. The number of fused-ring (bicyclic) bond motifs is 7. The number of rotatable bonds is 4. The van der Waals surface area contributed by atoms with E-state index in [1.54, 1.807) is 0 Å². The maximum absolute atomic E-state index is 2.42. The maximum atomic E-state index is 2.42. The molecule has 0 aliphatic heterocycles. The molecule has 0 unspecified atom stereocenters. The summed E-state index contributed by atoms with van der Waals surface area (Å²) in [5.74, 6) is 0. The zero-order valence-corrected chi connectivity index (χ0v) is 24.8. The van der Waals surface area contributed by atoms with Crippen molar-refractivity contribution in [2.75, 3.05) is 4.90 Å². The lowest BCUT2D eigenvalue weighted by molar-refractivity contribution is 1.30. The third kappa shape index (κ3) is 4.07. The molecule has 9 rings (SSSR count). The van der Waals surface area contributed by atoms with Crippen molar-refractivity contribution in [1.82, 2.24) is 0 Å². The van der Waals surface area contributed by atoms with Gasteiger partial charge in [-0.15, -0.1) is 11.3 Å². The largest absolute Gasteiger partial charge is 0.310 e. The molecular weight excluding hydrogens is 551 g/mol. The lowest BCUT2D eigenvalue weighted by atomic mass is 9.98. The molecule has 1 nitrogen and oxygen atoms in total. The summed E-state index contributed by atoms with van der Waals surface area (Å²) in [5.41, 5.74) is 5.90. The Morgan fingerprint density at radius 3 is 1.89 bits per heavy atom. The number of anilines is 3. The Balaban J connectivity index is 1.23. The first-order valence-corrected chi connectivity index (χ1v) is 15.8. The zero-order valence-electron chi connectivity index (χ0n) is 23.9. The van der Waals surface area contributed by atoms with Gasteiger partial charge in [0.05, 0.1) is 5.69 Å². The molecule has 0 bridgehead atoms. The fraction of sp³-hybridized carbons (Fsp3) is 0. The first-order valence-electron chi connectivity index (χ1n) is 15.0. The highest BCUT2D eigenvalue weighted by molar-refractivity contribution is 7.25. The smallest absolute Gasteiger partial charge is 0.0546 e. The van der Waals surface area contributed by atoms with Crippen molar-refractivity contribution in [1.29, 1.82) is 0 Å². The van der Waals surface area contributed by atoms with Gasteiger partial charge in [0, 0.05) is 36.9 Å². The van der Waals surface area contributed by atoms with Gasteiger partial charge in [-0.1, -0.05) is 115 Å². The molecule has 1 heterocycles. The van der Waals surface area contributed by atoms with Crippen LogP contribution < -0.4 is 4.90 Å². The van der Waals surface area contributed by atoms with Crippen molar-refractivity contribution in [2.45, 2.75) is 0 Å². The van der Waals surface area contributed by atoms with Crippen molar-refractivity contribution >= 4 is 80.9 Å². The fourth-order valence-electron chi connectivity index (χ4n) is 6.68. The van der Waals surface area contributed by atoms with E-state index < -0.39 is 0 Å². The van der Waals surface area contributed by atoms with Crippen LogP contribution in [0.2, 0.25) is 0 Å². The second-order valence-corrected chi connectivity index (χ2v) is 12.5. The maximum Gasteiger partial charge on any atom is 0.0546 e. The monoisotopic (exact) mass is 577 g/mol. The van der Waals surface area contributed by atoms with Crippen LogP contribution in [0.1, 0.15) is 0 Å². The Hall–Kier alpha value is -5.44. The predicted octanol–water partition coefficient (Wildman–Crippen LogP) is 12.7. The Bertz CT molecular complexity index is 2500. The lowest BCUT2D eigenvalue weighted by Crippen LogP contribution is -2.10. The minimum Gasteiger partial charge on any atom is -0.310 e. The van der Waals surface area contributed by atoms with Crippen LogP contribution in [0.4, 0.5) is 17.1 Å². The molecule has 1 aromatic heterocycles. The van der Waals surface area contributed by atoms with Gasteiger partial charge in [0.25, 0.3) is 0 Å². The number of hydrogen-bond donors (Lipinski definition) is 0. The summed E-state index contributed by atoms with van der Waals surface area (Å²) in [6, 6.07) is 59.8. The van der Waals surface area contributed by atoms with Gasteiger partial charge in [-0.05, 0) is 86.6 Å². The van der Waals surface area contributed by atoms with Gasteiger partial charge in [-0.2, -0.15) is 0 Å². The van der Waals surface area contributed by atoms with E-state index in [1.165, 1.54) is 69.3 Å². The van der Waals surface area contributed by atoms with Crippen molar-refractivity contribution in [3.05, 3.63) is 164 Å². The van der Waals surface area contributed by atoms with Crippen LogP contribution in [0.3, 0.4) is 0 Å². The minimum absolute atomic E-state index is 1.13. The summed E-state index contributed by atoms with van der Waals surface area (Å²) in [7, 11) is 0.